The number of fused-ring (bicyclic) bond motifs is 2. The zero-order chi connectivity index (χ0) is 9.47. The van der Waals surface area contributed by atoms with Crippen LogP contribution >= 0.6 is 0 Å². The average molecular weight is 183 g/mol. The van der Waals surface area contributed by atoms with Crippen molar-refractivity contribution in [2.75, 3.05) is 7.11 Å². The summed E-state index contributed by atoms with van der Waals surface area (Å²) in [5.74, 6) is -0.423. The number of esters is 1. The fourth-order valence-corrected chi connectivity index (χ4v) is 2.29. The van der Waals surface area contributed by atoms with E-state index in [1.807, 2.05) is 0 Å². The molecule has 2 saturated heterocycles. The number of methoxy groups -OCH3 is 1. The van der Waals surface area contributed by atoms with Crippen LogP contribution in [0.1, 0.15) is 25.7 Å². The standard InChI is InChI=1S/C9H13NO3/c1-13-8(12)9-5-4-6(10-9)2-3-7(9)11/h6,10H,2-5H2,1H3. The van der Waals surface area contributed by atoms with Gasteiger partial charge in [0.15, 0.2) is 11.3 Å². The number of hydrogen-bond acceptors (Lipinski definition) is 4. The van der Waals surface area contributed by atoms with Crippen molar-refractivity contribution in [2.24, 2.45) is 0 Å². The molecule has 2 rings (SSSR count). The van der Waals surface area contributed by atoms with Crippen LogP contribution in [-0.2, 0) is 14.3 Å². The number of piperidine rings is 1. The molecule has 2 fully saturated rings. The Bertz CT molecular complexity index is 254. The van der Waals surface area contributed by atoms with E-state index in [4.69, 9.17) is 0 Å². The van der Waals surface area contributed by atoms with Crippen LogP contribution in [0.4, 0.5) is 0 Å². The third-order valence-electron chi connectivity index (χ3n) is 3.05. The Labute approximate surface area is 76.6 Å². The molecule has 0 aromatic heterocycles. The minimum Gasteiger partial charge on any atom is -0.467 e. The zero-order valence-corrected chi connectivity index (χ0v) is 7.63. The molecule has 0 aliphatic carbocycles. The average Bonchev–Trinajstić information content (AvgIpc) is 2.52. The maximum Gasteiger partial charge on any atom is 0.333 e. The molecule has 0 spiro atoms. The highest BCUT2D eigenvalue weighted by molar-refractivity contribution is 6.09. The second-order valence-corrected chi connectivity index (χ2v) is 3.74. The topological polar surface area (TPSA) is 55.4 Å². The van der Waals surface area contributed by atoms with Gasteiger partial charge in [-0.05, 0) is 19.3 Å². The van der Waals surface area contributed by atoms with Gasteiger partial charge in [0.1, 0.15) is 0 Å². The van der Waals surface area contributed by atoms with Crippen molar-refractivity contribution in [1.29, 1.82) is 0 Å². The number of hydrogen-bond donors (Lipinski definition) is 1. The van der Waals surface area contributed by atoms with E-state index in [0.717, 1.165) is 12.8 Å². The zero-order valence-electron chi connectivity index (χ0n) is 7.63. The van der Waals surface area contributed by atoms with E-state index in [0.29, 0.717) is 18.9 Å². The SMILES string of the molecule is COC(=O)C12CCC(CCC1=O)N2. The third kappa shape index (κ3) is 1.09. The largest absolute Gasteiger partial charge is 0.467 e. The number of carbonyl (C=O) groups is 2. The van der Waals surface area contributed by atoms with Crippen molar-refractivity contribution in [3.05, 3.63) is 0 Å². The summed E-state index contributed by atoms with van der Waals surface area (Å²) in [6, 6.07) is 0.330. The minimum absolute atomic E-state index is 0.00639. The van der Waals surface area contributed by atoms with E-state index >= 15 is 0 Å². The summed E-state index contributed by atoms with van der Waals surface area (Å²) in [5, 5.41) is 3.08. The van der Waals surface area contributed by atoms with E-state index in [2.05, 4.69) is 10.1 Å². The Balaban J connectivity index is 2.28. The van der Waals surface area contributed by atoms with E-state index in [-0.39, 0.29) is 5.78 Å². The molecule has 2 atom stereocenters. The van der Waals surface area contributed by atoms with E-state index in [9.17, 15) is 9.59 Å². The maximum absolute atomic E-state index is 11.6. The first kappa shape index (κ1) is 8.69. The first-order chi connectivity index (χ1) is 6.19. The van der Waals surface area contributed by atoms with Crippen LogP contribution in [0.3, 0.4) is 0 Å². The molecule has 0 amide bonds. The Morgan fingerprint density at radius 3 is 3.08 bits per heavy atom. The molecule has 0 radical (unpaired) electrons. The van der Waals surface area contributed by atoms with Gasteiger partial charge < -0.3 is 4.74 Å². The van der Waals surface area contributed by atoms with Crippen molar-refractivity contribution >= 4 is 11.8 Å². The first-order valence-electron chi connectivity index (χ1n) is 4.58. The van der Waals surface area contributed by atoms with Gasteiger partial charge in [-0.1, -0.05) is 0 Å². The predicted molar refractivity (Wildman–Crippen MR) is 45.1 cm³/mol. The summed E-state index contributed by atoms with van der Waals surface area (Å²) in [5.41, 5.74) is -0.988. The highest BCUT2D eigenvalue weighted by atomic mass is 16.5. The molecule has 2 aliphatic rings. The quantitative estimate of drug-likeness (QED) is 0.459. The molecule has 0 aromatic carbocycles. The number of nitrogens with one attached hydrogen (secondary N) is 1. The molecule has 0 saturated carbocycles. The lowest BCUT2D eigenvalue weighted by Crippen LogP contribution is -2.59. The van der Waals surface area contributed by atoms with Crippen molar-refractivity contribution in [3.63, 3.8) is 0 Å². The van der Waals surface area contributed by atoms with E-state index in [1.165, 1.54) is 7.11 Å². The second kappa shape index (κ2) is 2.80. The molecule has 4 nitrogen and oxygen atoms in total. The Morgan fingerprint density at radius 2 is 2.38 bits per heavy atom. The summed E-state index contributed by atoms with van der Waals surface area (Å²) in [6.45, 7) is 0. The first-order valence-corrected chi connectivity index (χ1v) is 4.58. The van der Waals surface area contributed by atoms with Gasteiger partial charge in [-0.25, -0.2) is 4.79 Å². The summed E-state index contributed by atoms with van der Waals surface area (Å²) in [7, 11) is 1.33. The Kier molecular flexibility index (Phi) is 1.87. The van der Waals surface area contributed by atoms with Crippen LogP contribution in [-0.4, -0.2) is 30.4 Å². The van der Waals surface area contributed by atoms with Crippen LogP contribution in [0.15, 0.2) is 0 Å². The van der Waals surface area contributed by atoms with Crippen molar-refractivity contribution in [3.8, 4) is 0 Å². The highest BCUT2D eigenvalue weighted by Crippen LogP contribution is 2.33. The lowest BCUT2D eigenvalue weighted by molar-refractivity contribution is -0.153. The van der Waals surface area contributed by atoms with Gasteiger partial charge in [0.25, 0.3) is 0 Å². The second-order valence-electron chi connectivity index (χ2n) is 3.74. The summed E-state index contributed by atoms with van der Waals surface area (Å²) < 4.78 is 4.66. The Morgan fingerprint density at radius 1 is 1.62 bits per heavy atom. The van der Waals surface area contributed by atoms with Gasteiger partial charge >= 0.3 is 5.97 Å². The van der Waals surface area contributed by atoms with E-state index in [1.54, 1.807) is 0 Å². The number of rotatable bonds is 1. The maximum atomic E-state index is 11.6. The number of carbonyl (C=O) groups excluding carboxylic acids is 2. The molecular weight excluding hydrogens is 170 g/mol. The van der Waals surface area contributed by atoms with Crippen LogP contribution in [0.25, 0.3) is 0 Å². The lowest BCUT2D eigenvalue weighted by atomic mass is 9.89. The fraction of sp³-hybridized carbons (Fsp3) is 0.778. The number of ketones is 1. The molecule has 72 valence electrons. The van der Waals surface area contributed by atoms with Gasteiger partial charge in [0.2, 0.25) is 0 Å². The summed E-state index contributed by atoms with van der Waals surface area (Å²) in [4.78, 5) is 23.1. The summed E-state index contributed by atoms with van der Waals surface area (Å²) in [6.07, 6.45) is 2.87. The van der Waals surface area contributed by atoms with Crippen LogP contribution < -0.4 is 5.32 Å². The third-order valence-corrected chi connectivity index (χ3v) is 3.05. The molecule has 2 aliphatic heterocycles. The number of Topliss-reactive ketones (excluding diaryl/α,β-unsaturated/α-hetero) is 1. The van der Waals surface area contributed by atoms with Crippen LogP contribution in [0.5, 0.6) is 0 Å². The monoisotopic (exact) mass is 183 g/mol. The fourth-order valence-electron chi connectivity index (χ4n) is 2.29. The van der Waals surface area contributed by atoms with Crippen molar-refractivity contribution in [1.82, 2.24) is 5.32 Å². The van der Waals surface area contributed by atoms with Crippen molar-refractivity contribution < 1.29 is 14.3 Å². The Hall–Kier alpha value is -0.900. The van der Waals surface area contributed by atoms with Gasteiger partial charge in [-0.3, -0.25) is 10.1 Å². The predicted octanol–water partition coefficient (Wildman–Crippen LogP) is 0.0131. The number of ether oxygens (including phenoxy) is 1. The normalized spacial score (nSPS) is 37.6. The smallest absolute Gasteiger partial charge is 0.333 e. The minimum atomic E-state index is -0.988. The molecular formula is C9H13NO3. The van der Waals surface area contributed by atoms with Crippen molar-refractivity contribution in [2.45, 2.75) is 37.3 Å². The van der Waals surface area contributed by atoms with Crippen LogP contribution in [0, 0.1) is 0 Å². The van der Waals surface area contributed by atoms with Gasteiger partial charge in [-0.15, -0.1) is 0 Å². The van der Waals surface area contributed by atoms with Gasteiger partial charge in [0, 0.05) is 12.5 Å². The molecule has 2 unspecified atom stereocenters. The van der Waals surface area contributed by atoms with Crippen LogP contribution in [0.2, 0.25) is 0 Å². The summed E-state index contributed by atoms with van der Waals surface area (Å²) >= 11 is 0. The molecule has 4 heteroatoms. The lowest BCUT2D eigenvalue weighted by Gasteiger charge is -2.30. The van der Waals surface area contributed by atoms with Gasteiger partial charge in [0.05, 0.1) is 7.11 Å². The van der Waals surface area contributed by atoms with E-state index < -0.39 is 11.5 Å². The molecule has 1 N–H and O–H groups in total. The molecule has 0 aromatic rings. The molecule has 2 bridgehead atoms. The molecule has 13 heavy (non-hydrogen) atoms. The highest BCUT2D eigenvalue weighted by Gasteiger charge is 2.54. The van der Waals surface area contributed by atoms with Gasteiger partial charge in [-0.2, -0.15) is 0 Å². The molecule has 2 heterocycles.